The number of aliphatic hydroxyl groups is 2. The van der Waals surface area contributed by atoms with Crippen molar-refractivity contribution in [3.05, 3.63) is 46.5 Å². The maximum Gasteiger partial charge on any atom is 0.476 e. The lowest BCUT2D eigenvalue weighted by Crippen LogP contribution is -2.44. The number of hydrogen-bond acceptors (Lipinski definition) is 11. The van der Waals surface area contributed by atoms with Crippen molar-refractivity contribution in [3.63, 3.8) is 0 Å². The lowest BCUT2D eigenvalue weighted by Gasteiger charge is -2.39. The maximum atomic E-state index is 13.6. The normalized spacial score (nSPS) is 33.7. The van der Waals surface area contributed by atoms with Gasteiger partial charge in [-0.25, -0.2) is 19.5 Å². The molecular formula is C22H26Cl2N5O7P. The van der Waals surface area contributed by atoms with Gasteiger partial charge in [-0.1, -0.05) is 23.2 Å². The number of anilines is 1. The number of aromatic nitrogens is 4. The number of nitrogens with two attached hydrogens (primary N) is 1. The summed E-state index contributed by atoms with van der Waals surface area (Å²) in [7, 11) is -4.15. The SMILES string of the molecule is CC1(C)CC(c2cc(Cl)cc(Cl)c2)OP(=O)(OC[C@H]2O[C@@H](n3cnc4c(N)ncnc43)[C@](C)(O)[C@@H]2O)O1. The Labute approximate surface area is 222 Å². The van der Waals surface area contributed by atoms with Crippen LogP contribution in [0.5, 0.6) is 0 Å². The number of benzene rings is 1. The van der Waals surface area contributed by atoms with Crippen molar-refractivity contribution in [1.29, 1.82) is 0 Å². The molecule has 1 aromatic carbocycles. The minimum atomic E-state index is -4.15. The van der Waals surface area contributed by atoms with Crippen molar-refractivity contribution in [2.75, 3.05) is 12.3 Å². The number of phosphoric ester groups is 1. The quantitative estimate of drug-likeness (QED) is 0.380. The number of halogens is 2. The second kappa shape index (κ2) is 9.41. The first kappa shape index (κ1) is 26.7. The number of fused-ring (bicyclic) bond motifs is 1. The average Bonchev–Trinajstić information content (AvgIpc) is 3.30. The van der Waals surface area contributed by atoms with E-state index in [2.05, 4.69) is 15.0 Å². The number of hydrogen-bond donors (Lipinski definition) is 3. The van der Waals surface area contributed by atoms with E-state index < -0.39 is 50.2 Å². The van der Waals surface area contributed by atoms with Gasteiger partial charge in [0.15, 0.2) is 17.7 Å². The molecule has 0 radical (unpaired) electrons. The number of ether oxygens (including phenoxy) is 1. The van der Waals surface area contributed by atoms with Crippen LogP contribution in [0.2, 0.25) is 10.0 Å². The van der Waals surface area contributed by atoms with Crippen LogP contribution >= 0.6 is 31.0 Å². The van der Waals surface area contributed by atoms with Gasteiger partial charge in [0.1, 0.15) is 29.7 Å². The van der Waals surface area contributed by atoms with Crippen molar-refractivity contribution in [2.45, 2.75) is 62.9 Å². The van der Waals surface area contributed by atoms with Gasteiger partial charge >= 0.3 is 7.82 Å². The highest BCUT2D eigenvalue weighted by molar-refractivity contribution is 7.48. The predicted octanol–water partition coefficient (Wildman–Crippen LogP) is 3.81. The van der Waals surface area contributed by atoms with Crippen LogP contribution in [-0.4, -0.2) is 59.7 Å². The highest BCUT2D eigenvalue weighted by atomic mass is 35.5. The Kier molecular flexibility index (Phi) is 6.80. The fourth-order valence-corrected chi connectivity index (χ4v) is 6.80. The summed E-state index contributed by atoms with van der Waals surface area (Å²) < 4.78 is 38.0. The van der Waals surface area contributed by atoms with Crippen LogP contribution in [0.3, 0.4) is 0 Å². The number of phosphoric acid groups is 1. The molecular weight excluding hydrogens is 548 g/mol. The van der Waals surface area contributed by atoms with Crippen molar-refractivity contribution < 1.29 is 33.1 Å². The Balaban J connectivity index is 1.35. The molecule has 0 amide bonds. The Morgan fingerprint density at radius 1 is 1.22 bits per heavy atom. The third-order valence-corrected chi connectivity index (χ3v) is 8.47. The molecule has 37 heavy (non-hydrogen) atoms. The molecule has 4 heterocycles. The van der Waals surface area contributed by atoms with E-state index >= 15 is 0 Å². The molecule has 2 aliphatic rings. The summed E-state index contributed by atoms with van der Waals surface area (Å²) in [6.07, 6.45) is -1.33. The standard InChI is InChI=1S/C22H26Cl2N5O7P/c1-21(2)7-14(11-4-12(23)6-13(24)5-11)35-37(32,36-21)33-8-15-17(30)22(3,31)20(34-15)29-10-28-16-18(25)26-9-27-19(16)29/h4-6,9-10,14-15,17,20,30-31H,7-8H2,1-3H3,(H2,25,26,27)/t14?,15-,17-,20-,22-,37?/m1/s1. The number of nitrogen functional groups attached to an aromatic ring is 1. The highest BCUT2D eigenvalue weighted by Crippen LogP contribution is 2.62. The molecule has 2 aliphatic heterocycles. The van der Waals surface area contributed by atoms with Gasteiger partial charge in [0, 0.05) is 16.5 Å². The molecule has 0 saturated carbocycles. The molecule has 12 nitrogen and oxygen atoms in total. The molecule has 0 spiro atoms. The molecule has 200 valence electrons. The van der Waals surface area contributed by atoms with Crippen LogP contribution in [0.4, 0.5) is 5.82 Å². The zero-order valence-corrected chi connectivity index (χ0v) is 22.5. The third-order valence-electron chi connectivity index (χ3n) is 6.34. The zero-order valence-electron chi connectivity index (χ0n) is 20.1. The van der Waals surface area contributed by atoms with E-state index in [9.17, 15) is 14.8 Å². The molecule has 2 saturated heterocycles. The highest BCUT2D eigenvalue weighted by Gasteiger charge is 2.55. The zero-order chi connectivity index (χ0) is 26.8. The van der Waals surface area contributed by atoms with E-state index in [1.807, 2.05) is 0 Å². The molecule has 4 N–H and O–H groups in total. The smallest absolute Gasteiger partial charge is 0.387 e. The van der Waals surface area contributed by atoms with E-state index in [0.29, 0.717) is 33.2 Å². The molecule has 2 aromatic heterocycles. The lowest BCUT2D eigenvalue weighted by molar-refractivity contribution is -0.0967. The summed E-state index contributed by atoms with van der Waals surface area (Å²) in [5.74, 6) is 0.157. The van der Waals surface area contributed by atoms with Gasteiger partial charge in [-0.3, -0.25) is 18.1 Å². The second-order valence-corrected chi connectivity index (χ2v) is 12.3. The van der Waals surface area contributed by atoms with Gasteiger partial charge < -0.3 is 20.7 Å². The fourth-order valence-electron chi connectivity index (χ4n) is 4.58. The first-order valence-corrected chi connectivity index (χ1v) is 13.6. The first-order chi connectivity index (χ1) is 17.3. The van der Waals surface area contributed by atoms with Crippen molar-refractivity contribution >= 4 is 48.0 Å². The van der Waals surface area contributed by atoms with Crippen LogP contribution in [0.1, 0.15) is 45.1 Å². The van der Waals surface area contributed by atoms with Gasteiger partial charge in [-0.05, 0) is 44.5 Å². The minimum Gasteiger partial charge on any atom is -0.387 e. The number of aliphatic hydroxyl groups excluding tert-OH is 1. The average molecular weight is 574 g/mol. The first-order valence-electron chi connectivity index (χ1n) is 11.4. The molecule has 0 aliphatic carbocycles. The minimum absolute atomic E-state index is 0.157. The van der Waals surface area contributed by atoms with Gasteiger partial charge in [-0.15, -0.1) is 0 Å². The number of nitrogens with zero attached hydrogens (tertiary/aromatic N) is 4. The lowest BCUT2D eigenvalue weighted by atomic mass is 9.96. The summed E-state index contributed by atoms with van der Waals surface area (Å²) in [4.78, 5) is 12.2. The van der Waals surface area contributed by atoms with Crippen LogP contribution < -0.4 is 5.73 Å². The van der Waals surface area contributed by atoms with E-state index in [0.717, 1.165) is 0 Å². The third kappa shape index (κ3) is 5.10. The van der Waals surface area contributed by atoms with Crippen molar-refractivity contribution in [1.82, 2.24) is 19.5 Å². The summed E-state index contributed by atoms with van der Waals surface area (Å²) in [6, 6.07) is 4.92. The Bertz CT molecular complexity index is 1370. The summed E-state index contributed by atoms with van der Waals surface area (Å²) in [6.45, 7) is 4.50. The number of rotatable bonds is 5. The molecule has 2 unspecified atom stereocenters. The molecule has 5 rings (SSSR count). The van der Waals surface area contributed by atoms with Crippen LogP contribution in [-0.2, 0) is 22.9 Å². The van der Waals surface area contributed by atoms with Crippen LogP contribution in [0, 0.1) is 0 Å². The molecule has 6 atom stereocenters. The maximum absolute atomic E-state index is 13.6. The topological polar surface area (TPSA) is 164 Å². The second-order valence-electron chi connectivity index (χ2n) is 9.88. The summed E-state index contributed by atoms with van der Waals surface area (Å²) in [5, 5.41) is 22.8. The fraction of sp³-hybridized carbons (Fsp3) is 0.500. The number of imidazole rings is 1. The van der Waals surface area contributed by atoms with Gasteiger partial charge in [0.2, 0.25) is 0 Å². The van der Waals surface area contributed by atoms with Crippen molar-refractivity contribution in [3.8, 4) is 0 Å². The van der Waals surface area contributed by atoms with E-state index in [1.54, 1.807) is 32.0 Å². The Morgan fingerprint density at radius 2 is 1.92 bits per heavy atom. The Morgan fingerprint density at radius 3 is 2.62 bits per heavy atom. The van der Waals surface area contributed by atoms with E-state index in [-0.39, 0.29) is 5.82 Å². The summed E-state index contributed by atoms with van der Waals surface area (Å²) in [5.41, 5.74) is 4.43. The van der Waals surface area contributed by atoms with Gasteiger partial charge in [0.05, 0.1) is 24.6 Å². The largest absolute Gasteiger partial charge is 0.476 e. The predicted molar refractivity (Wildman–Crippen MR) is 134 cm³/mol. The van der Waals surface area contributed by atoms with Gasteiger partial charge in [0.25, 0.3) is 0 Å². The molecule has 2 fully saturated rings. The molecule has 3 aromatic rings. The molecule has 15 heteroatoms. The van der Waals surface area contributed by atoms with E-state index in [4.69, 9.17) is 47.2 Å². The molecule has 0 bridgehead atoms. The van der Waals surface area contributed by atoms with Crippen LogP contribution in [0.15, 0.2) is 30.9 Å². The van der Waals surface area contributed by atoms with E-state index in [1.165, 1.54) is 24.1 Å². The van der Waals surface area contributed by atoms with Crippen molar-refractivity contribution in [2.24, 2.45) is 0 Å². The van der Waals surface area contributed by atoms with Crippen LogP contribution in [0.25, 0.3) is 11.2 Å². The summed E-state index contributed by atoms with van der Waals surface area (Å²) >= 11 is 12.3. The van der Waals surface area contributed by atoms with Gasteiger partial charge in [-0.2, -0.15) is 0 Å². The monoisotopic (exact) mass is 573 g/mol. The Hall–Kier alpha value is -1.86.